The van der Waals surface area contributed by atoms with Gasteiger partial charge < -0.3 is 40.3 Å². The van der Waals surface area contributed by atoms with E-state index in [2.05, 4.69) is 9.24 Å². The van der Waals surface area contributed by atoms with Crippen molar-refractivity contribution in [3.8, 4) is 0 Å². The zero-order valence-corrected chi connectivity index (χ0v) is 27.3. The Bertz CT molecular complexity index is 810. The summed E-state index contributed by atoms with van der Waals surface area (Å²) < 4.78 is 10.6. The van der Waals surface area contributed by atoms with Crippen molar-refractivity contribution in [2.24, 2.45) is 16.6 Å². The van der Waals surface area contributed by atoms with Gasteiger partial charge in [0.05, 0.1) is 5.41 Å². The van der Waals surface area contributed by atoms with Crippen LogP contribution in [0, 0.1) is 10.8 Å². The number of ether oxygens (including phenoxy) is 2. The molecule has 11 nitrogen and oxygen atoms in total. The van der Waals surface area contributed by atoms with Crippen LogP contribution in [0.3, 0.4) is 0 Å². The standard InChI is InChI=1S/C13H25NO4.C13H23NO4.C2H8NP/c2*1-5-6-13(10(15)16)7-8-14(9-13)11(17)18-12(2,3)4;1-2(3)4/h10,15-16H,5-9H2,1-4H3;5-9H2,1-4H3,(H,15,16);2H,3-4H2,1H3/t;13-;2-/m.00/s1. The molecule has 0 saturated carbocycles. The van der Waals surface area contributed by atoms with Crippen LogP contribution >= 0.6 is 9.24 Å². The first-order chi connectivity index (χ1) is 18.1. The Balaban J connectivity index is 0.000000671. The lowest BCUT2D eigenvalue weighted by molar-refractivity contribution is -0.148. The van der Waals surface area contributed by atoms with Crippen molar-refractivity contribution in [3.63, 3.8) is 0 Å². The average molecular weight is 594 g/mol. The predicted octanol–water partition coefficient (Wildman–Crippen LogP) is 4.39. The number of carboxylic acid groups (broad SMARTS) is 1. The van der Waals surface area contributed by atoms with Crippen LogP contribution in [0.25, 0.3) is 0 Å². The molecule has 2 amide bonds. The molecule has 0 spiro atoms. The second-order valence-electron chi connectivity index (χ2n) is 13.0. The fourth-order valence-electron chi connectivity index (χ4n) is 4.74. The summed E-state index contributed by atoms with van der Waals surface area (Å²) in [4.78, 5) is 38.3. The van der Waals surface area contributed by atoms with E-state index in [0.717, 1.165) is 12.8 Å². The Hall–Kier alpha value is -1.68. The summed E-state index contributed by atoms with van der Waals surface area (Å²) in [6.45, 7) is 18.3. The van der Waals surface area contributed by atoms with Crippen LogP contribution in [0.5, 0.6) is 0 Å². The van der Waals surface area contributed by atoms with Crippen LogP contribution in [-0.2, 0) is 14.3 Å². The number of aliphatic hydroxyl groups excluding tert-OH is 1. The molecule has 0 bridgehead atoms. The molecule has 236 valence electrons. The van der Waals surface area contributed by atoms with Gasteiger partial charge in [0.25, 0.3) is 0 Å². The maximum atomic E-state index is 11.9. The van der Waals surface area contributed by atoms with Gasteiger partial charge in [-0.15, -0.1) is 9.24 Å². The van der Waals surface area contributed by atoms with E-state index < -0.39 is 40.4 Å². The van der Waals surface area contributed by atoms with Crippen LogP contribution in [0.4, 0.5) is 9.59 Å². The highest BCUT2D eigenvalue weighted by molar-refractivity contribution is 7.17. The molecule has 4 atom stereocenters. The van der Waals surface area contributed by atoms with Gasteiger partial charge >= 0.3 is 18.2 Å². The van der Waals surface area contributed by atoms with Gasteiger partial charge in [-0.2, -0.15) is 0 Å². The fourth-order valence-corrected chi connectivity index (χ4v) is 4.74. The van der Waals surface area contributed by atoms with Gasteiger partial charge in [-0.1, -0.05) is 26.7 Å². The largest absolute Gasteiger partial charge is 0.481 e. The summed E-state index contributed by atoms with van der Waals surface area (Å²) in [6.07, 6.45) is 1.90. The van der Waals surface area contributed by atoms with E-state index in [4.69, 9.17) is 15.2 Å². The molecule has 2 saturated heterocycles. The number of amides is 2. The topological polar surface area (TPSA) is 163 Å². The smallest absolute Gasteiger partial charge is 0.410 e. The third-order valence-electron chi connectivity index (χ3n) is 6.52. The van der Waals surface area contributed by atoms with Gasteiger partial charge in [0, 0.05) is 37.4 Å². The predicted molar refractivity (Wildman–Crippen MR) is 159 cm³/mol. The van der Waals surface area contributed by atoms with E-state index in [-0.39, 0.29) is 18.4 Å². The van der Waals surface area contributed by atoms with Crippen molar-refractivity contribution >= 4 is 27.4 Å². The summed E-state index contributed by atoms with van der Waals surface area (Å²) in [5.74, 6) is -0.560. The number of carboxylic acids is 1. The van der Waals surface area contributed by atoms with Crippen molar-refractivity contribution in [1.29, 1.82) is 0 Å². The zero-order valence-electron chi connectivity index (χ0n) is 26.2. The molecular weight excluding hydrogens is 537 g/mol. The third kappa shape index (κ3) is 13.3. The summed E-state index contributed by atoms with van der Waals surface area (Å²) in [6, 6.07) is 0. The van der Waals surface area contributed by atoms with Gasteiger partial charge in [-0.05, 0) is 74.1 Å². The molecular formula is C28H56N3O8P. The van der Waals surface area contributed by atoms with Gasteiger partial charge in [-0.25, -0.2) is 9.59 Å². The van der Waals surface area contributed by atoms with E-state index in [9.17, 15) is 29.7 Å². The molecule has 0 aliphatic carbocycles. The number of aliphatic hydroxyl groups is 2. The Labute approximate surface area is 243 Å². The van der Waals surface area contributed by atoms with E-state index in [1.54, 1.807) is 25.7 Å². The highest BCUT2D eigenvalue weighted by Gasteiger charge is 2.47. The number of likely N-dealkylation sites (tertiary alicyclic amines) is 2. The number of rotatable bonds is 6. The number of nitrogens with two attached hydrogens (primary N) is 1. The third-order valence-corrected chi connectivity index (χ3v) is 6.52. The van der Waals surface area contributed by atoms with Crippen molar-refractivity contribution < 1.29 is 39.2 Å². The molecule has 2 rings (SSSR count). The van der Waals surface area contributed by atoms with Crippen LogP contribution in [-0.4, -0.2) is 92.7 Å². The summed E-state index contributed by atoms with van der Waals surface area (Å²) in [7, 11) is 2.44. The molecule has 2 aliphatic rings. The van der Waals surface area contributed by atoms with E-state index >= 15 is 0 Å². The Morgan fingerprint density at radius 3 is 1.62 bits per heavy atom. The minimum atomic E-state index is -1.38. The fraction of sp³-hybridized carbons (Fsp3) is 0.893. The Morgan fingerprint density at radius 2 is 1.27 bits per heavy atom. The maximum Gasteiger partial charge on any atom is 0.410 e. The van der Waals surface area contributed by atoms with Gasteiger partial charge in [-0.3, -0.25) is 4.79 Å². The second-order valence-corrected chi connectivity index (χ2v) is 14.0. The monoisotopic (exact) mass is 593 g/mol. The molecule has 0 aromatic rings. The lowest BCUT2D eigenvalue weighted by Gasteiger charge is -2.31. The van der Waals surface area contributed by atoms with Crippen molar-refractivity contribution in [1.82, 2.24) is 9.80 Å². The number of aliphatic carboxylic acids is 1. The number of carbonyl (C=O) groups is 3. The van der Waals surface area contributed by atoms with Crippen LogP contribution in [0.1, 0.15) is 101 Å². The van der Waals surface area contributed by atoms with Crippen molar-refractivity contribution in [2.45, 2.75) is 124 Å². The number of carbonyl (C=O) groups excluding carboxylic acids is 2. The molecule has 2 aliphatic heterocycles. The van der Waals surface area contributed by atoms with E-state index in [1.165, 1.54) is 4.90 Å². The number of nitrogens with zero attached hydrogens (tertiary/aromatic N) is 2. The molecule has 2 fully saturated rings. The minimum absolute atomic E-state index is 0.250. The summed E-state index contributed by atoms with van der Waals surface area (Å²) in [5, 5.41) is 28.4. The molecule has 12 heteroatoms. The normalized spacial score (nSPS) is 23.6. The quantitative estimate of drug-likeness (QED) is 0.258. The molecule has 2 unspecified atom stereocenters. The Kier molecular flexibility index (Phi) is 15.4. The first kappa shape index (κ1) is 38.3. The SMILES string of the molecule is CCCC1(C(O)O)CCN(C(=O)OC(C)(C)C)C1.CCC[C@]1(C(=O)O)CCN(C(=O)OC(C)(C)C)C1.C[C@@H](N)P. The molecule has 40 heavy (non-hydrogen) atoms. The van der Waals surface area contributed by atoms with Crippen LogP contribution in [0.15, 0.2) is 0 Å². The number of hydrogen-bond donors (Lipinski definition) is 4. The molecule has 0 aromatic heterocycles. The van der Waals surface area contributed by atoms with Gasteiger partial charge in [0.15, 0.2) is 6.29 Å². The van der Waals surface area contributed by atoms with E-state index in [0.29, 0.717) is 45.3 Å². The van der Waals surface area contributed by atoms with Gasteiger partial charge in [0.2, 0.25) is 0 Å². The second kappa shape index (κ2) is 16.1. The van der Waals surface area contributed by atoms with Gasteiger partial charge in [0.1, 0.15) is 11.2 Å². The first-order valence-corrected chi connectivity index (χ1v) is 14.9. The highest BCUT2D eigenvalue weighted by atomic mass is 31.0. The first-order valence-electron chi connectivity index (χ1n) is 14.2. The zero-order chi connectivity index (χ0) is 31.5. The lowest BCUT2D eigenvalue weighted by Crippen LogP contribution is -2.41. The molecule has 2 heterocycles. The Morgan fingerprint density at radius 1 is 0.875 bits per heavy atom. The maximum absolute atomic E-state index is 11.9. The van der Waals surface area contributed by atoms with E-state index in [1.807, 2.05) is 41.5 Å². The summed E-state index contributed by atoms with van der Waals surface area (Å²) >= 11 is 0. The summed E-state index contributed by atoms with van der Waals surface area (Å²) in [5.41, 5.74) is 2.63. The molecule has 0 radical (unpaired) electrons. The van der Waals surface area contributed by atoms with Crippen molar-refractivity contribution in [3.05, 3.63) is 0 Å². The van der Waals surface area contributed by atoms with Crippen LogP contribution in [0.2, 0.25) is 0 Å². The highest BCUT2D eigenvalue weighted by Crippen LogP contribution is 2.38. The average Bonchev–Trinajstić information content (AvgIpc) is 3.39. The molecule has 5 N–H and O–H groups in total. The minimum Gasteiger partial charge on any atom is -0.481 e. The van der Waals surface area contributed by atoms with Crippen molar-refractivity contribution in [2.75, 3.05) is 26.2 Å². The van der Waals surface area contributed by atoms with Crippen LogP contribution < -0.4 is 5.73 Å². The lowest BCUT2D eigenvalue weighted by atomic mass is 9.82. The molecule has 0 aromatic carbocycles. The number of hydrogen-bond acceptors (Lipinski definition) is 8.